The zero-order chi connectivity index (χ0) is 14.1. The van der Waals surface area contributed by atoms with Crippen molar-refractivity contribution in [3.63, 3.8) is 0 Å². The van der Waals surface area contributed by atoms with Gasteiger partial charge in [-0.1, -0.05) is 11.3 Å². The molecule has 0 aromatic carbocycles. The van der Waals surface area contributed by atoms with Crippen LogP contribution in [0.3, 0.4) is 0 Å². The predicted octanol–water partition coefficient (Wildman–Crippen LogP) is 2.94. The molecule has 2 aromatic rings. The van der Waals surface area contributed by atoms with E-state index >= 15 is 0 Å². The molecule has 19 heavy (non-hydrogen) atoms. The molecule has 1 unspecified atom stereocenters. The Morgan fingerprint density at radius 3 is 2.63 bits per heavy atom. The van der Waals surface area contributed by atoms with Crippen LogP contribution in [0.1, 0.15) is 17.5 Å². The van der Waals surface area contributed by atoms with Crippen LogP contribution in [-0.4, -0.2) is 21.8 Å². The Morgan fingerprint density at radius 1 is 1.37 bits per heavy atom. The van der Waals surface area contributed by atoms with E-state index in [1.165, 1.54) is 11.3 Å². The number of aromatic nitrogens is 2. The third kappa shape index (κ3) is 3.43. The Labute approximate surface area is 114 Å². The van der Waals surface area contributed by atoms with E-state index < -0.39 is 16.8 Å². The van der Waals surface area contributed by atoms with Crippen LogP contribution in [0, 0.1) is 0 Å². The molecule has 0 radical (unpaired) electrons. The van der Waals surface area contributed by atoms with Gasteiger partial charge >= 0.3 is 6.18 Å². The maximum absolute atomic E-state index is 12.3. The largest absolute Gasteiger partial charge is 0.445 e. The fraction of sp³-hybridized carbons (Fsp3) is 0.400. The van der Waals surface area contributed by atoms with Crippen molar-refractivity contribution in [2.75, 3.05) is 11.9 Å². The molecule has 0 saturated heterocycles. The molecule has 0 aliphatic rings. The number of nitrogens with one attached hydrogen (secondary N) is 1. The topological polar surface area (TPSA) is 58.0 Å². The molecule has 0 amide bonds. The van der Waals surface area contributed by atoms with Gasteiger partial charge in [-0.2, -0.15) is 24.5 Å². The van der Waals surface area contributed by atoms with Gasteiger partial charge in [0, 0.05) is 6.54 Å². The highest BCUT2D eigenvalue weighted by Crippen LogP contribution is 2.33. The van der Waals surface area contributed by atoms with Crippen LogP contribution >= 0.6 is 22.7 Å². The van der Waals surface area contributed by atoms with Gasteiger partial charge in [0.25, 0.3) is 0 Å². The fourth-order valence-corrected chi connectivity index (χ4v) is 2.72. The standard InChI is InChI=1S/C10H10F3N3OS2/c1-9(17,6-2-3-18-4-6)5-14-8-16-15-7(19-8)10(11,12)13/h2-4,17H,5H2,1H3,(H,14,16). The minimum absolute atomic E-state index is 0.0304. The van der Waals surface area contributed by atoms with Crippen molar-refractivity contribution in [3.05, 3.63) is 27.4 Å². The average molecular weight is 309 g/mol. The van der Waals surface area contributed by atoms with Crippen LogP contribution in [0.15, 0.2) is 16.8 Å². The highest BCUT2D eigenvalue weighted by Gasteiger charge is 2.35. The van der Waals surface area contributed by atoms with Crippen molar-refractivity contribution in [1.82, 2.24) is 10.2 Å². The van der Waals surface area contributed by atoms with Crippen LogP contribution < -0.4 is 5.32 Å². The number of rotatable bonds is 4. The number of anilines is 1. The van der Waals surface area contributed by atoms with Crippen LogP contribution in [0.5, 0.6) is 0 Å². The molecule has 2 aromatic heterocycles. The third-order valence-corrected chi connectivity index (χ3v) is 4.00. The predicted molar refractivity (Wildman–Crippen MR) is 67.3 cm³/mol. The minimum Gasteiger partial charge on any atom is -0.384 e. The Kier molecular flexibility index (Phi) is 3.79. The first-order valence-corrected chi connectivity index (χ1v) is 6.94. The summed E-state index contributed by atoms with van der Waals surface area (Å²) in [6, 6.07) is 1.76. The fourth-order valence-electron chi connectivity index (χ4n) is 1.33. The van der Waals surface area contributed by atoms with Gasteiger partial charge in [-0.05, 0) is 29.3 Å². The van der Waals surface area contributed by atoms with E-state index in [-0.39, 0.29) is 11.7 Å². The lowest BCUT2D eigenvalue weighted by atomic mass is 10.00. The SMILES string of the molecule is CC(O)(CNc1nnc(C(F)(F)F)s1)c1ccsc1. The first-order valence-electron chi connectivity index (χ1n) is 5.19. The number of thiophene rings is 1. The minimum atomic E-state index is -4.49. The van der Waals surface area contributed by atoms with Gasteiger partial charge in [0.2, 0.25) is 10.1 Å². The summed E-state index contributed by atoms with van der Waals surface area (Å²) >= 11 is 1.84. The lowest BCUT2D eigenvalue weighted by Crippen LogP contribution is -2.30. The molecule has 104 valence electrons. The second-order valence-corrected chi connectivity index (χ2v) is 5.81. The molecule has 2 heterocycles. The molecule has 2 rings (SSSR count). The first-order chi connectivity index (χ1) is 8.79. The highest BCUT2D eigenvalue weighted by molar-refractivity contribution is 7.15. The quantitative estimate of drug-likeness (QED) is 0.912. The Balaban J connectivity index is 2.01. The van der Waals surface area contributed by atoms with Gasteiger partial charge in [-0.15, -0.1) is 10.2 Å². The molecule has 0 spiro atoms. The Hall–Kier alpha value is -1.19. The first kappa shape index (κ1) is 14.2. The molecule has 9 heteroatoms. The molecule has 0 saturated carbocycles. The van der Waals surface area contributed by atoms with E-state index in [4.69, 9.17) is 0 Å². The summed E-state index contributed by atoms with van der Waals surface area (Å²) in [5.74, 6) is 0. The average Bonchev–Trinajstić information content (AvgIpc) is 2.97. The number of nitrogens with zero attached hydrogens (tertiary/aromatic N) is 2. The van der Waals surface area contributed by atoms with E-state index in [1.807, 2.05) is 5.38 Å². The zero-order valence-electron chi connectivity index (χ0n) is 9.73. The molecule has 0 aliphatic heterocycles. The summed E-state index contributed by atoms with van der Waals surface area (Å²) in [5.41, 5.74) is -0.477. The number of aliphatic hydroxyl groups is 1. The molecular formula is C10H10F3N3OS2. The molecule has 0 aliphatic carbocycles. The molecule has 0 fully saturated rings. The summed E-state index contributed by atoms with van der Waals surface area (Å²) in [5, 5.41) is 21.9. The van der Waals surface area contributed by atoms with Gasteiger partial charge in [0.1, 0.15) is 5.60 Å². The third-order valence-electron chi connectivity index (χ3n) is 2.39. The summed E-state index contributed by atoms with van der Waals surface area (Å²) in [4.78, 5) is 0. The second kappa shape index (κ2) is 5.06. The maximum atomic E-state index is 12.3. The summed E-state index contributed by atoms with van der Waals surface area (Å²) in [6.07, 6.45) is -4.49. The van der Waals surface area contributed by atoms with E-state index in [0.717, 1.165) is 0 Å². The lowest BCUT2D eigenvalue weighted by Gasteiger charge is -2.22. The van der Waals surface area contributed by atoms with Crippen LogP contribution in [0.2, 0.25) is 0 Å². The lowest BCUT2D eigenvalue weighted by molar-refractivity contribution is -0.138. The summed E-state index contributed by atoms with van der Waals surface area (Å²) < 4.78 is 37.0. The Morgan fingerprint density at radius 2 is 2.11 bits per heavy atom. The van der Waals surface area contributed by atoms with Crippen LogP contribution in [0.4, 0.5) is 18.3 Å². The van der Waals surface area contributed by atoms with Gasteiger partial charge in [0.05, 0.1) is 0 Å². The van der Waals surface area contributed by atoms with Crippen molar-refractivity contribution in [1.29, 1.82) is 0 Å². The molecule has 4 nitrogen and oxygen atoms in total. The Bertz CT molecular complexity index is 536. The van der Waals surface area contributed by atoms with Crippen molar-refractivity contribution in [3.8, 4) is 0 Å². The molecule has 0 bridgehead atoms. The van der Waals surface area contributed by atoms with Gasteiger partial charge < -0.3 is 10.4 Å². The van der Waals surface area contributed by atoms with E-state index in [2.05, 4.69) is 15.5 Å². The van der Waals surface area contributed by atoms with Gasteiger partial charge in [-0.25, -0.2) is 0 Å². The van der Waals surface area contributed by atoms with Gasteiger partial charge in [-0.3, -0.25) is 0 Å². The maximum Gasteiger partial charge on any atom is 0.445 e. The van der Waals surface area contributed by atoms with E-state index in [9.17, 15) is 18.3 Å². The summed E-state index contributed by atoms with van der Waals surface area (Å²) in [6.45, 7) is 1.63. The van der Waals surface area contributed by atoms with Crippen molar-refractivity contribution < 1.29 is 18.3 Å². The highest BCUT2D eigenvalue weighted by atomic mass is 32.1. The van der Waals surface area contributed by atoms with Crippen molar-refractivity contribution >= 4 is 27.8 Å². The van der Waals surface area contributed by atoms with Crippen LogP contribution in [0.25, 0.3) is 0 Å². The molecule has 2 N–H and O–H groups in total. The smallest absolute Gasteiger partial charge is 0.384 e. The summed E-state index contributed by atoms with van der Waals surface area (Å²) in [7, 11) is 0. The zero-order valence-corrected chi connectivity index (χ0v) is 11.4. The second-order valence-electron chi connectivity index (χ2n) is 4.05. The monoisotopic (exact) mass is 309 g/mol. The number of alkyl halides is 3. The normalized spacial score (nSPS) is 15.2. The van der Waals surface area contributed by atoms with Gasteiger partial charge in [0.15, 0.2) is 0 Å². The van der Waals surface area contributed by atoms with E-state index in [1.54, 1.807) is 18.4 Å². The van der Waals surface area contributed by atoms with E-state index in [0.29, 0.717) is 16.9 Å². The van der Waals surface area contributed by atoms with Crippen molar-refractivity contribution in [2.24, 2.45) is 0 Å². The van der Waals surface area contributed by atoms with Crippen LogP contribution in [-0.2, 0) is 11.8 Å². The molecular weight excluding hydrogens is 299 g/mol. The number of halogens is 3. The number of hydrogen-bond donors (Lipinski definition) is 2. The molecule has 1 atom stereocenters. The number of hydrogen-bond acceptors (Lipinski definition) is 6. The van der Waals surface area contributed by atoms with Crippen molar-refractivity contribution in [2.45, 2.75) is 18.7 Å².